The summed E-state index contributed by atoms with van der Waals surface area (Å²) in [5.74, 6) is 0.171. The monoisotopic (exact) mass is 367 g/mol. The summed E-state index contributed by atoms with van der Waals surface area (Å²) in [4.78, 5) is 15.9. The Morgan fingerprint density at radius 3 is 2.81 bits per heavy atom. The lowest BCUT2D eigenvalue weighted by Crippen LogP contribution is -2.31. The molecule has 0 bridgehead atoms. The number of rotatable bonds is 4. The molecule has 2 aromatic carbocycles. The van der Waals surface area contributed by atoms with Crippen LogP contribution in [0.5, 0.6) is 0 Å². The molecule has 0 saturated carbocycles. The summed E-state index contributed by atoms with van der Waals surface area (Å²) in [6.45, 7) is 4.25. The Labute approximate surface area is 157 Å². The average Bonchev–Trinajstić information content (AvgIpc) is 3.29. The highest BCUT2D eigenvalue weighted by atomic mass is 35.5. The molecule has 0 aliphatic carbocycles. The summed E-state index contributed by atoms with van der Waals surface area (Å²) < 4.78 is 0. The predicted octanol–water partition coefficient (Wildman–Crippen LogP) is 4.02. The highest BCUT2D eigenvalue weighted by Gasteiger charge is 2.22. The van der Waals surface area contributed by atoms with E-state index in [0.29, 0.717) is 11.6 Å². The number of aryl methyl sites for hydroxylation is 1. The molecule has 0 radical (unpaired) electrons. The summed E-state index contributed by atoms with van der Waals surface area (Å²) in [5.41, 5.74) is 5.45. The number of hydrogen-bond acceptors (Lipinski definition) is 2. The standard InChI is InChI=1S/C21H22ClN3O/c1-13-18-10-17(22)9-16(12-24-21(26)15-7-8-23-11-15)20(18)25-19(13)14-5-3-2-4-6-14/h2-6,9-10,15,23,25H,7-8,11-12H2,1H3,(H,24,26)/t15-/m0/s1. The first-order valence-corrected chi connectivity index (χ1v) is 9.36. The summed E-state index contributed by atoms with van der Waals surface area (Å²) in [7, 11) is 0. The number of amides is 1. The topological polar surface area (TPSA) is 56.9 Å². The highest BCUT2D eigenvalue weighted by molar-refractivity contribution is 6.31. The number of carbonyl (C=O) groups is 1. The van der Waals surface area contributed by atoms with E-state index in [0.717, 1.165) is 47.2 Å². The molecule has 134 valence electrons. The van der Waals surface area contributed by atoms with Crippen LogP contribution >= 0.6 is 11.6 Å². The Bertz CT molecular complexity index is 943. The van der Waals surface area contributed by atoms with E-state index in [1.165, 1.54) is 5.56 Å². The van der Waals surface area contributed by atoms with Gasteiger partial charge in [0.25, 0.3) is 0 Å². The van der Waals surface area contributed by atoms with Crippen LogP contribution in [0.25, 0.3) is 22.2 Å². The average molecular weight is 368 g/mol. The van der Waals surface area contributed by atoms with Crippen molar-refractivity contribution in [1.82, 2.24) is 15.6 Å². The third-order valence-electron chi connectivity index (χ3n) is 5.16. The highest BCUT2D eigenvalue weighted by Crippen LogP contribution is 2.33. The normalized spacial score (nSPS) is 16.9. The zero-order valence-corrected chi connectivity index (χ0v) is 15.5. The second-order valence-electron chi connectivity index (χ2n) is 6.89. The van der Waals surface area contributed by atoms with Crippen LogP contribution < -0.4 is 10.6 Å². The van der Waals surface area contributed by atoms with Crippen molar-refractivity contribution in [2.24, 2.45) is 5.92 Å². The van der Waals surface area contributed by atoms with Gasteiger partial charge in [-0.15, -0.1) is 0 Å². The van der Waals surface area contributed by atoms with E-state index in [-0.39, 0.29) is 11.8 Å². The number of benzene rings is 2. The SMILES string of the molecule is Cc1c(-c2ccccc2)[nH]c2c(CNC(=O)[C@H]3CCNC3)cc(Cl)cc12. The number of carbonyl (C=O) groups excluding carboxylic acids is 1. The largest absolute Gasteiger partial charge is 0.354 e. The van der Waals surface area contributed by atoms with Crippen LogP contribution in [0.1, 0.15) is 17.5 Å². The van der Waals surface area contributed by atoms with Crippen LogP contribution in [0, 0.1) is 12.8 Å². The molecule has 26 heavy (non-hydrogen) atoms. The van der Waals surface area contributed by atoms with E-state index in [2.05, 4.69) is 34.7 Å². The van der Waals surface area contributed by atoms with Crippen LogP contribution in [0.2, 0.25) is 5.02 Å². The van der Waals surface area contributed by atoms with Crippen molar-refractivity contribution in [2.45, 2.75) is 19.9 Å². The molecule has 1 amide bonds. The molecule has 3 aromatic rings. The van der Waals surface area contributed by atoms with E-state index in [4.69, 9.17) is 11.6 Å². The van der Waals surface area contributed by atoms with E-state index in [9.17, 15) is 4.79 Å². The molecule has 1 saturated heterocycles. The fraction of sp³-hybridized carbons (Fsp3) is 0.286. The quantitative estimate of drug-likeness (QED) is 0.652. The third-order valence-corrected chi connectivity index (χ3v) is 5.38. The van der Waals surface area contributed by atoms with Gasteiger partial charge in [-0.2, -0.15) is 0 Å². The summed E-state index contributed by atoms with van der Waals surface area (Å²) in [6.07, 6.45) is 0.899. The van der Waals surface area contributed by atoms with Crippen molar-refractivity contribution >= 4 is 28.4 Å². The fourth-order valence-electron chi connectivity index (χ4n) is 3.70. The number of H-pyrrole nitrogens is 1. The fourth-order valence-corrected chi connectivity index (χ4v) is 3.94. The van der Waals surface area contributed by atoms with Gasteiger partial charge in [0.15, 0.2) is 0 Å². The number of halogens is 1. The van der Waals surface area contributed by atoms with Gasteiger partial charge in [0.2, 0.25) is 5.91 Å². The second kappa shape index (κ2) is 7.14. The van der Waals surface area contributed by atoms with Crippen molar-refractivity contribution in [2.75, 3.05) is 13.1 Å². The molecular weight excluding hydrogens is 346 g/mol. The van der Waals surface area contributed by atoms with E-state index < -0.39 is 0 Å². The maximum Gasteiger partial charge on any atom is 0.224 e. The predicted molar refractivity (Wildman–Crippen MR) is 106 cm³/mol. The lowest BCUT2D eigenvalue weighted by atomic mass is 10.0. The number of fused-ring (bicyclic) bond motifs is 1. The van der Waals surface area contributed by atoms with Crippen LogP contribution in [0.15, 0.2) is 42.5 Å². The maximum atomic E-state index is 12.3. The van der Waals surface area contributed by atoms with Crippen molar-refractivity contribution in [1.29, 1.82) is 0 Å². The van der Waals surface area contributed by atoms with Gasteiger partial charge in [0.1, 0.15) is 0 Å². The van der Waals surface area contributed by atoms with Crippen molar-refractivity contribution < 1.29 is 4.79 Å². The van der Waals surface area contributed by atoms with Gasteiger partial charge in [-0.25, -0.2) is 0 Å². The molecule has 1 aliphatic rings. The second-order valence-corrected chi connectivity index (χ2v) is 7.32. The number of hydrogen-bond donors (Lipinski definition) is 3. The van der Waals surface area contributed by atoms with Gasteiger partial charge in [0.05, 0.1) is 11.4 Å². The number of aromatic amines is 1. The van der Waals surface area contributed by atoms with E-state index in [1.54, 1.807) is 0 Å². The lowest BCUT2D eigenvalue weighted by Gasteiger charge is -2.11. The molecule has 3 N–H and O–H groups in total. The van der Waals surface area contributed by atoms with Crippen LogP contribution in [-0.4, -0.2) is 24.0 Å². The maximum absolute atomic E-state index is 12.3. The molecule has 0 spiro atoms. The number of nitrogens with one attached hydrogen (secondary N) is 3. The molecular formula is C21H22ClN3O. The van der Waals surface area contributed by atoms with Gasteiger partial charge in [0, 0.05) is 29.2 Å². The minimum absolute atomic E-state index is 0.0648. The van der Waals surface area contributed by atoms with E-state index in [1.807, 2.05) is 30.3 Å². The van der Waals surface area contributed by atoms with Crippen LogP contribution in [-0.2, 0) is 11.3 Å². The van der Waals surface area contributed by atoms with Crippen molar-refractivity contribution in [3.8, 4) is 11.3 Å². The van der Waals surface area contributed by atoms with Gasteiger partial charge < -0.3 is 15.6 Å². The summed E-state index contributed by atoms with van der Waals surface area (Å²) in [6, 6.07) is 14.2. The minimum Gasteiger partial charge on any atom is -0.354 e. The molecule has 4 nitrogen and oxygen atoms in total. The van der Waals surface area contributed by atoms with Gasteiger partial charge in [-0.05, 0) is 48.7 Å². The lowest BCUT2D eigenvalue weighted by molar-refractivity contribution is -0.124. The molecule has 1 fully saturated rings. The zero-order chi connectivity index (χ0) is 18.1. The Balaban J connectivity index is 1.67. The van der Waals surface area contributed by atoms with Crippen molar-refractivity contribution in [3.05, 3.63) is 58.6 Å². The Kier molecular flexibility index (Phi) is 4.70. The molecule has 1 aromatic heterocycles. The number of aromatic nitrogens is 1. The molecule has 1 atom stereocenters. The zero-order valence-electron chi connectivity index (χ0n) is 14.7. The summed E-state index contributed by atoms with van der Waals surface area (Å²) >= 11 is 6.36. The minimum atomic E-state index is 0.0648. The third kappa shape index (κ3) is 3.22. The molecule has 1 aliphatic heterocycles. The van der Waals surface area contributed by atoms with Gasteiger partial charge >= 0.3 is 0 Å². The molecule has 5 heteroatoms. The first-order chi connectivity index (χ1) is 12.6. The molecule has 0 unspecified atom stereocenters. The van der Waals surface area contributed by atoms with Gasteiger partial charge in [-0.3, -0.25) is 4.79 Å². The first kappa shape index (κ1) is 17.1. The summed E-state index contributed by atoms with van der Waals surface area (Å²) in [5, 5.41) is 8.09. The first-order valence-electron chi connectivity index (χ1n) is 8.98. The van der Waals surface area contributed by atoms with Crippen LogP contribution in [0.3, 0.4) is 0 Å². The Morgan fingerprint density at radius 1 is 1.27 bits per heavy atom. The molecule has 4 rings (SSSR count). The smallest absolute Gasteiger partial charge is 0.224 e. The van der Waals surface area contributed by atoms with Crippen molar-refractivity contribution in [3.63, 3.8) is 0 Å². The van der Waals surface area contributed by atoms with E-state index >= 15 is 0 Å². The molecule has 2 heterocycles. The van der Waals surface area contributed by atoms with Gasteiger partial charge in [-0.1, -0.05) is 41.9 Å². The Morgan fingerprint density at radius 2 is 2.08 bits per heavy atom. The van der Waals surface area contributed by atoms with Crippen LogP contribution in [0.4, 0.5) is 0 Å². The Hall–Kier alpha value is -2.30.